The van der Waals surface area contributed by atoms with Gasteiger partial charge >= 0.3 is 0 Å². The highest BCUT2D eigenvalue weighted by Crippen LogP contribution is 2.26. The second-order valence-corrected chi connectivity index (χ2v) is 7.29. The number of carbonyl (C=O) groups is 2. The second-order valence-electron chi connectivity index (χ2n) is 6.44. The summed E-state index contributed by atoms with van der Waals surface area (Å²) >= 11 is 3.41. The molecule has 0 unspecified atom stereocenters. The molecule has 0 aliphatic heterocycles. The van der Waals surface area contributed by atoms with Gasteiger partial charge in [-0.25, -0.2) is 0 Å². The van der Waals surface area contributed by atoms with Crippen molar-refractivity contribution in [3.63, 3.8) is 0 Å². The molecule has 0 aliphatic rings. The average Bonchev–Trinajstić information content (AvgIpc) is 2.70. The first kappa shape index (κ1) is 20.6. The highest BCUT2D eigenvalue weighted by atomic mass is 79.9. The normalized spacial score (nSPS) is 10.3. The summed E-state index contributed by atoms with van der Waals surface area (Å²) in [5.74, 6) is 0.166. The van der Waals surface area contributed by atoms with Crippen molar-refractivity contribution in [3.05, 3.63) is 87.9 Å². The lowest BCUT2D eigenvalue weighted by Gasteiger charge is -2.10. The van der Waals surface area contributed by atoms with Crippen LogP contribution in [0.4, 0.5) is 11.4 Å². The molecule has 6 heteroatoms. The molecule has 0 fully saturated rings. The first-order valence-electron chi connectivity index (χ1n) is 9.18. The van der Waals surface area contributed by atoms with E-state index in [1.54, 1.807) is 42.5 Å². The van der Waals surface area contributed by atoms with Crippen LogP contribution in [0.5, 0.6) is 5.75 Å². The lowest BCUT2D eigenvalue weighted by atomic mass is 10.1. The minimum Gasteiger partial charge on any atom is -0.493 e. The van der Waals surface area contributed by atoms with Gasteiger partial charge in [-0.1, -0.05) is 18.2 Å². The first-order chi connectivity index (χ1) is 14.0. The van der Waals surface area contributed by atoms with Crippen LogP contribution in [0.3, 0.4) is 0 Å². The molecule has 0 radical (unpaired) electrons. The summed E-state index contributed by atoms with van der Waals surface area (Å²) in [4.78, 5) is 25.1. The van der Waals surface area contributed by atoms with Crippen molar-refractivity contribution in [2.45, 2.75) is 13.8 Å². The SMILES string of the molecule is CCOc1ccc(C(=O)Nc2cccc(C(=O)Nc3cccc(C)c3)c2)cc1Br. The molecule has 3 aromatic carbocycles. The van der Waals surface area contributed by atoms with E-state index in [0.717, 1.165) is 11.3 Å². The highest BCUT2D eigenvalue weighted by molar-refractivity contribution is 9.10. The van der Waals surface area contributed by atoms with Gasteiger partial charge in [0.2, 0.25) is 0 Å². The third-order valence-corrected chi connectivity index (χ3v) is 4.77. The third kappa shape index (κ3) is 5.45. The Morgan fingerprint density at radius 3 is 2.10 bits per heavy atom. The number of benzene rings is 3. The molecule has 3 aromatic rings. The molecule has 0 aliphatic carbocycles. The molecular weight excluding hydrogens is 432 g/mol. The topological polar surface area (TPSA) is 67.4 Å². The van der Waals surface area contributed by atoms with Crippen molar-refractivity contribution in [1.29, 1.82) is 0 Å². The quantitative estimate of drug-likeness (QED) is 0.506. The lowest BCUT2D eigenvalue weighted by molar-refractivity contribution is 0.101. The molecule has 0 aromatic heterocycles. The summed E-state index contributed by atoms with van der Waals surface area (Å²) in [6.07, 6.45) is 0. The molecule has 2 amide bonds. The number of amides is 2. The molecule has 0 atom stereocenters. The summed E-state index contributed by atoms with van der Waals surface area (Å²) in [5, 5.41) is 5.69. The molecule has 2 N–H and O–H groups in total. The van der Waals surface area contributed by atoms with E-state index in [1.165, 1.54) is 0 Å². The van der Waals surface area contributed by atoms with E-state index in [4.69, 9.17) is 4.74 Å². The number of aryl methyl sites for hydroxylation is 1. The molecule has 148 valence electrons. The summed E-state index contributed by atoms with van der Waals surface area (Å²) in [6, 6.07) is 19.5. The maximum Gasteiger partial charge on any atom is 0.255 e. The van der Waals surface area contributed by atoms with E-state index < -0.39 is 0 Å². The molecule has 0 saturated carbocycles. The number of rotatable bonds is 6. The Kier molecular flexibility index (Phi) is 6.67. The molecule has 3 rings (SSSR count). The lowest BCUT2D eigenvalue weighted by Crippen LogP contribution is -2.14. The average molecular weight is 453 g/mol. The summed E-state index contributed by atoms with van der Waals surface area (Å²) in [7, 11) is 0. The molecule has 0 saturated heterocycles. The van der Waals surface area contributed by atoms with Crippen molar-refractivity contribution >= 4 is 39.1 Å². The van der Waals surface area contributed by atoms with Gasteiger partial charge in [-0.3, -0.25) is 9.59 Å². The summed E-state index contributed by atoms with van der Waals surface area (Å²) < 4.78 is 6.17. The number of carbonyl (C=O) groups excluding carboxylic acids is 2. The Labute approximate surface area is 178 Å². The van der Waals surface area contributed by atoms with E-state index in [0.29, 0.717) is 33.6 Å². The van der Waals surface area contributed by atoms with Crippen LogP contribution in [0.25, 0.3) is 0 Å². The Morgan fingerprint density at radius 1 is 0.862 bits per heavy atom. The number of halogens is 1. The number of ether oxygens (including phenoxy) is 1. The highest BCUT2D eigenvalue weighted by Gasteiger charge is 2.12. The largest absolute Gasteiger partial charge is 0.493 e. The molecule has 5 nitrogen and oxygen atoms in total. The van der Waals surface area contributed by atoms with E-state index in [2.05, 4.69) is 26.6 Å². The van der Waals surface area contributed by atoms with Crippen LogP contribution in [0.15, 0.2) is 71.2 Å². The molecule has 0 heterocycles. The maximum absolute atomic E-state index is 12.6. The van der Waals surface area contributed by atoms with E-state index in [1.807, 2.05) is 38.1 Å². The van der Waals surface area contributed by atoms with Gasteiger partial charge in [0, 0.05) is 22.5 Å². The predicted molar refractivity (Wildman–Crippen MR) is 119 cm³/mol. The van der Waals surface area contributed by atoms with Crippen molar-refractivity contribution in [1.82, 2.24) is 0 Å². The zero-order valence-electron chi connectivity index (χ0n) is 16.2. The molecule has 0 bridgehead atoms. The fourth-order valence-electron chi connectivity index (χ4n) is 2.78. The zero-order chi connectivity index (χ0) is 20.8. The Hall–Kier alpha value is -3.12. The Bertz CT molecular complexity index is 1050. The number of nitrogens with one attached hydrogen (secondary N) is 2. The number of hydrogen-bond acceptors (Lipinski definition) is 3. The van der Waals surface area contributed by atoms with E-state index in [9.17, 15) is 9.59 Å². The van der Waals surface area contributed by atoms with Crippen LogP contribution < -0.4 is 15.4 Å². The van der Waals surface area contributed by atoms with Crippen LogP contribution in [-0.4, -0.2) is 18.4 Å². The molecule has 0 spiro atoms. The van der Waals surface area contributed by atoms with Crippen LogP contribution >= 0.6 is 15.9 Å². The predicted octanol–water partition coefficient (Wildman–Crippen LogP) is 5.66. The van der Waals surface area contributed by atoms with Crippen LogP contribution in [0.2, 0.25) is 0 Å². The smallest absolute Gasteiger partial charge is 0.255 e. The maximum atomic E-state index is 12.6. The van der Waals surface area contributed by atoms with E-state index in [-0.39, 0.29) is 11.8 Å². The van der Waals surface area contributed by atoms with E-state index >= 15 is 0 Å². The summed E-state index contributed by atoms with van der Waals surface area (Å²) in [6.45, 7) is 4.40. The fraction of sp³-hybridized carbons (Fsp3) is 0.130. The van der Waals surface area contributed by atoms with Crippen molar-refractivity contribution in [3.8, 4) is 5.75 Å². The fourth-order valence-corrected chi connectivity index (χ4v) is 3.28. The van der Waals surface area contributed by atoms with Gasteiger partial charge in [0.1, 0.15) is 5.75 Å². The van der Waals surface area contributed by atoms with Crippen molar-refractivity contribution in [2.24, 2.45) is 0 Å². The van der Waals surface area contributed by atoms with Crippen LogP contribution in [0.1, 0.15) is 33.2 Å². The van der Waals surface area contributed by atoms with Gasteiger partial charge in [0.25, 0.3) is 11.8 Å². The van der Waals surface area contributed by atoms with Crippen molar-refractivity contribution in [2.75, 3.05) is 17.2 Å². The summed E-state index contributed by atoms with van der Waals surface area (Å²) in [5.41, 5.74) is 3.26. The van der Waals surface area contributed by atoms with Gasteiger partial charge < -0.3 is 15.4 Å². The number of anilines is 2. The number of hydrogen-bond donors (Lipinski definition) is 2. The van der Waals surface area contributed by atoms with Gasteiger partial charge in [-0.15, -0.1) is 0 Å². The van der Waals surface area contributed by atoms with Crippen LogP contribution in [0, 0.1) is 6.92 Å². The molecule has 29 heavy (non-hydrogen) atoms. The van der Waals surface area contributed by atoms with Gasteiger partial charge in [-0.2, -0.15) is 0 Å². The van der Waals surface area contributed by atoms with Crippen LogP contribution in [-0.2, 0) is 0 Å². The monoisotopic (exact) mass is 452 g/mol. The Morgan fingerprint density at radius 2 is 1.48 bits per heavy atom. The standard InChI is InChI=1S/C23H21BrN2O3/c1-3-29-21-11-10-17(14-20(21)24)23(28)26-19-9-5-7-16(13-19)22(27)25-18-8-4-6-15(2)12-18/h4-14H,3H2,1-2H3,(H,25,27)(H,26,28). The third-order valence-electron chi connectivity index (χ3n) is 4.15. The minimum atomic E-state index is -0.273. The first-order valence-corrected chi connectivity index (χ1v) is 9.97. The zero-order valence-corrected chi connectivity index (χ0v) is 17.7. The van der Waals surface area contributed by atoms with Gasteiger partial charge in [-0.05, 0) is 83.9 Å². The Balaban J connectivity index is 1.71. The van der Waals surface area contributed by atoms with Crippen molar-refractivity contribution < 1.29 is 14.3 Å². The van der Waals surface area contributed by atoms with Gasteiger partial charge in [0.05, 0.1) is 11.1 Å². The second kappa shape index (κ2) is 9.39. The minimum absolute atomic E-state index is 0.240. The molecular formula is C23H21BrN2O3. The van der Waals surface area contributed by atoms with Gasteiger partial charge in [0.15, 0.2) is 0 Å².